The second-order valence-electron chi connectivity index (χ2n) is 4.19. The molecule has 17 heavy (non-hydrogen) atoms. The van der Waals surface area contributed by atoms with Crippen molar-refractivity contribution >= 4 is 5.97 Å². The van der Waals surface area contributed by atoms with Gasteiger partial charge in [0.15, 0.2) is 0 Å². The van der Waals surface area contributed by atoms with E-state index < -0.39 is 5.97 Å². The van der Waals surface area contributed by atoms with Crippen LogP contribution in [0.25, 0.3) is 0 Å². The van der Waals surface area contributed by atoms with Gasteiger partial charge >= 0.3 is 5.97 Å². The number of carboxylic acid groups (broad SMARTS) is 1. The molecule has 0 unspecified atom stereocenters. The van der Waals surface area contributed by atoms with Gasteiger partial charge in [-0.3, -0.25) is 0 Å². The van der Waals surface area contributed by atoms with Crippen molar-refractivity contribution in [2.75, 3.05) is 20.3 Å². The Kier molecular flexibility index (Phi) is 3.64. The van der Waals surface area contributed by atoms with Gasteiger partial charge in [0.05, 0.1) is 12.7 Å². The van der Waals surface area contributed by atoms with Gasteiger partial charge in [-0.2, -0.15) is 0 Å². The molecule has 1 saturated heterocycles. The number of benzene rings is 1. The van der Waals surface area contributed by atoms with Crippen molar-refractivity contribution in [3.8, 4) is 5.75 Å². The summed E-state index contributed by atoms with van der Waals surface area (Å²) in [5, 5.41) is 9.05. The summed E-state index contributed by atoms with van der Waals surface area (Å²) in [5.74, 6) is 0.0561. The van der Waals surface area contributed by atoms with E-state index >= 15 is 0 Å². The van der Waals surface area contributed by atoms with E-state index in [1.54, 1.807) is 19.2 Å². The van der Waals surface area contributed by atoms with E-state index in [4.69, 9.17) is 14.6 Å². The maximum Gasteiger partial charge on any atom is 0.335 e. The fourth-order valence-corrected chi connectivity index (χ4v) is 2.13. The summed E-state index contributed by atoms with van der Waals surface area (Å²) in [4.78, 5) is 11.0. The monoisotopic (exact) mass is 236 g/mol. The van der Waals surface area contributed by atoms with Crippen molar-refractivity contribution in [1.82, 2.24) is 0 Å². The molecule has 1 heterocycles. The van der Waals surface area contributed by atoms with E-state index in [-0.39, 0.29) is 5.56 Å². The molecular weight excluding hydrogens is 220 g/mol. The summed E-state index contributed by atoms with van der Waals surface area (Å²) in [6.07, 6.45) is 1.87. The first-order valence-corrected chi connectivity index (χ1v) is 5.70. The molecule has 4 nitrogen and oxygen atoms in total. The second-order valence-corrected chi connectivity index (χ2v) is 4.19. The van der Waals surface area contributed by atoms with Crippen LogP contribution in [0.5, 0.6) is 5.75 Å². The van der Waals surface area contributed by atoms with E-state index in [2.05, 4.69) is 0 Å². The second kappa shape index (κ2) is 5.19. The fourth-order valence-electron chi connectivity index (χ4n) is 2.13. The zero-order chi connectivity index (χ0) is 12.3. The van der Waals surface area contributed by atoms with E-state index in [1.165, 1.54) is 0 Å². The number of methoxy groups -OCH3 is 1. The topological polar surface area (TPSA) is 55.8 Å². The van der Waals surface area contributed by atoms with Gasteiger partial charge in [-0.15, -0.1) is 0 Å². The fraction of sp³-hybridized carbons (Fsp3) is 0.462. The first-order chi connectivity index (χ1) is 8.20. The normalized spacial score (nSPS) is 16.8. The van der Waals surface area contributed by atoms with Crippen LogP contribution in [0, 0.1) is 0 Å². The van der Waals surface area contributed by atoms with Crippen molar-refractivity contribution in [2.24, 2.45) is 0 Å². The maximum absolute atomic E-state index is 11.0. The van der Waals surface area contributed by atoms with Gasteiger partial charge in [-0.05, 0) is 42.5 Å². The van der Waals surface area contributed by atoms with E-state index in [0.717, 1.165) is 31.6 Å². The smallest absolute Gasteiger partial charge is 0.335 e. The molecule has 2 rings (SSSR count). The lowest BCUT2D eigenvalue weighted by Gasteiger charge is -2.23. The number of hydrogen-bond acceptors (Lipinski definition) is 3. The zero-order valence-electron chi connectivity index (χ0n) is 9.81. The third-order valence-corrected chi connectivity index (χ3v) is 3.10. The van der Waals surface area contributed by atoms with Crippen LogP contribution in [-0.2, 0) is 4.74 Å². The number of carbonyl (C=O) groups is 1. The zero-order valence-corrected chi connectivity index (χ0v) is 9.81. The van der Waals surface area contributed by atoms with Crippen LogP contribution in [0.4, 0.5) is 0 Å². The van der Waals surface area contributed by atoms with Crippen molar-refractivity contribution in [2.45, 2.75) is 18.8 Å². The van der Waals surface area contributed by atoms with Crippen LogP contribution in [0.2, 0.25) is 0 Å². The Balaban J connectivity index is 2.31. The molecule has 1 fully saturated rings. The minimum Gasteiger partial charge on any atom is -0.497 e. The van der Waals surface area contributed by atoms with E-state index in [1.807, 2.05) is 6.07 Å². The Hall–Kier alpha value is -1.55. The molecule has 0 amide bonds. The van der Waals surface area contributed by atoms with E-state index in [9.17, 15) is 4.79 Å². The lowest BCUT2D eigenvalue weighted by Crippen LogP contribution is -2.14. The highest BCUT2D eigenvalue weighted by molar-refractivity contribution is 5.88. The Bertz CT molecular complexity index is 408. The lowest BCUT2D eigenvalue weighted by atomic mass is 9.90. The number of carboxylic acids is 1. The average Bonchev–Trinajstić information content (AvgIpc) is 2.39. The predicted octanol–water partition coefficient (Wildman–Crippen LogP) is 2.29. The lowest BCUT2D eigenvalue weighted by molar-refractivity contribution is 0.0696. The van der Waals surface area contributed by atoms with Gasteiger partial charge in [-0.25, -0.2) is 4.79 Å². The quantitative estimate of drug-likeness (QED) is 0.874. The third kappa shape index (κ3) is 2.77. The van der Waals surface area contributed by atoms with E-state index in [0.29, 0.717) is 11.7 Å². The summed E-state index contributed by atoms with van der Waals surface area (Å²) in [7, 11) is 1.55. The predicted molar refractivity (Wildman–Crippen MR) is 62.7 cm³/mol. The number of aromatic carboxylic acids is 1. The highest BCUT2D eigenvalue weighted by Gasteiger charge is 2.18. The van der Waals surface area contributed by atoms with Crippen LogP contribution >= 0.6 is 0 Å². The molecule has 92 valence electrons. The molecule has 0 spiro atoms. The van der Waals surface area contributed by atoms with Crippen molar-refractivity contribution in [3.63, 3.8) is 0 Å². The van der Waals surface area contributed by atoms with Gasteiger partial charge in [0.1, 0.15) is 5.75 Å². The summed E-state index contributed by atoms with van der Waals surface area (Å²) in [6.45, 7) is 1.48. The number of hydrogen-bond donors (Lipinski definition) is 1. The highest BCUT2D eigenvalue weighted by Crippen LogP contribution is 2.30. The molecular formula is C13H16O4. The maximum atomic E-state index is 11.0. The average molecular weight is 236 g/mol. The van der Waals surface area contributed by atoms with Gasteiger partial charge in [0.25, 0.3) is 0 Å². The summed E-state index contributed by atoms with van der Waals surface area (Å²) in [5.41, 5.74) is 1.32. The number of ether oxygens (including phenoxy) is 2. The molecule has 0 radical (unpaired) electrons. The van der Waals surface area contributed by atoms with Crippen molar-refractivity contribution in [1.29, 1.82) is 0 Å². The van der Waals surface area contributed by atoms with Crippen LogP contribution in [0.3, 0.4) is 0 Å². The van der Waals surface area contributed by atoms with Crippen LogP contribution in [0.1, 0.15) is 34.7 Å². The molecule has 4 heteroatoms. The van der Waals surface area contributed by atoms with Gasteiger partial charge in [-0.1, -0.05) is 0 Å². The van der Waals surface area contributed by atoms with Crippen molar-refractivity contribution < 1.29 is 19.4 Å². The summed E-state index contributed by atoms with van der Waals surface area (Å²) in [6, 6.07) is 5.20. The Morgan fingerprint density at radius 1 is 1.35 bits per heavy atom. The minimum absolute atomic E-state index is 0.283. The molecule has 0 bridgehead atoms. The van der Waals surface area contributed by atoms with Crippen molar-refractivity contribution in [3.05, 3.63) is 29.3 Å². The largest absolute Gasteiger partial charge is 0.497 e. The molecule has 0 aromatic heterocycles. The van der Waals surface area contributed by atoms with Crippen LogP contribution in [-0.4, -0.2) is 31.4 Å². The van der Waals surface area contributed by atoms with Gasteiger partial charge in [0.2, 0.25) is 0 Å². The summed E-state index contributed by atoms with van der Waals surface area (Å²) >= 11 is 0. The highest BCUT2D eigenvalue weighted by atomic mass is 16.5. The molecule has 1 N–H and O–H groups in total. The standard InChI is InChI=1S/C13H16O4/c1-16-12-7-10(6-11(8-12)13(14)15)9-2-4-17-5-3-9/h6-9H,2-5H2,1H3,(H,14,15). The third-order valence-electron chi connectivity index (χ3n) is 3.10. The molecule has 1 aliphatic rings. The van der Waals surface area contributed by atoms with Gasteiger partial charge in [0, 0.05) is 13.2 Å². The molecule has 0 saturated carbocycles. The number of rotatable bonds is 3. The summed E-state index contributed by atoms with van der Waals surface area (Å²) < 4.78 is 10.4. The van der Waals surface area contributed by atoms with Crippen LogP contribution in [0.15, 0.2) is 18.2 Å². The van der Waals surface area contributed by atoms with Crippen LogP contribution < -0.4 is 4.74 Å². The molecule has 1 aromatic carbocycles. The molecule has 0 aliphatic carbocycles. The molecule has 1 aliphatic heterocycles. The SMILES string of the molecule is COc1cc(C(=O)O)cc(C2CCOCC2)c1. The first kappa shape index (κ1) is 11.9. The Morgan fingerprint density at radius 2 is 2.06 bits per heavy atom. The Morgan fingerprint density at radius 3 is 2.65 bits per heavy atom. The molecule has 1 aromatic rings. The van der Waals surface area contributed by atoms with Gasteiger partial charge < -0.3 is 14.6 Å². The minimum atomic E-state index is -0.919. The Labute approximate surface area is 100 Å². The first-order valence-electron chi connectivity index (χ1n) is 5.70. The molecule has 0 atom stereocenters.